The number of esters is 1. The van der Waals surface area contributed by atoms with E-state index in [2.05, 4.69) is 0 Å². The van der Waals surface area contributed by atoms with Gasteiger partial charge in [-0.1, -0.05) is 0 Å². The maximum absolute atomic E-state index is 13.4. The van der Waals surface area contributed by atoms with Crippen molar-refractivity contribution in [3.8, 4) is 0 Å². The molecule has 0 spiro atoms. The number of hydrogen-bond acceptors (Lipinski definition) is 4. The summed E-state index contributed by atoms with van der Waals surface area (Å²) in [6.07, 6.45) is 0.536. The van der Waals surface area contributed by atoms with Crippen LogP contribution in [0.4, 0.5) is 14.5 Å². The van der Waals surface area contributed by atoms with Crippen LogP contribution < -0.4 is 5.73 Å². The minimum Gasteiger partial charge on any atom is -0.462 e. The molecule has 0 fully saturated rings. The van der Waals surface area contributed by atoms with Gasteiger partial charge in [-0.2, -0.15) is 11.3 Å². The van der Waals surface area contributed by atoms with E-state index in [1.807, 2.05) is 16.8 Å². The second-order valence-corrected chi connectivity index (χ2v) is 4.65. The summed E-state index contributed by atoms with van der Waals surface area (Å²) < 4.78 is 31.5. The Balaban J connectivity index is 1.98. The maximum Gasteiger partial charge on any atom is 0.341 e. The molecule has 0 aliphatic carbocycles. The lowest BCUT2D eigenvalue weighted by Gasteiger charge is -2.06. The van der Waals surface area contributed by atoms with Gasteiger partial charge in [0.15, 0.2) is 0 Å². The minimum atomic E-state index is -0.897. The number of thiophene rings is 1. The molecule has 1 aromatic heterocycles. The topological polar surface area (TPSA) is 52.3 Å². The van der Waals surface area contributed by atoms with Crippen LogP contribution in [-0.4, -0.2) is 12.6 Å². The minimum absolute atomic E-state index is 0.112. The van der Waals surface area contributed by atoms with Crippen LogP contribution in [0.5, 0.6) is 0 Å². The summed E-state index contributed by atoms with van der Waals surface area (Å²) in [6, 6.07) is 3.42. The first kappa shape index (κ1) is 13.5. The first-order chi connectivity index (χ1) is 9.08. The molecule has 19 heavy (non-hydrogen) atoms. The SMILES string of the molecule is Nc1cc(F)c(C(=O)OCCc2ccsc2)cc1F. The highest BCUT2D eigenvalue weighted by molar-refractivity contribution is 7.07. The van der Waals surface area contributed by atoms with Crippen LogP contribution in [0.1, 0.15) is 15.9 Å². The Kier molecular flexibility index (Phi) is 4.11. The van der Waals surface area contributed by atoms with E-state index in [9.17, 15) is 13.6 Å². The fraction of sp³-hybridized carbons (Fsp3) is 0.154. The zero-order valence-corrected chi connectivity index (χ0v) is 10.7. The van der Waals surface area contributed by atoms with Crippen LogP contribution in [0, 0.1) is 11.6 Å². The largest absolute Gasteiger partial charge is 0.462 e. The average Bonchev–Trinajstić information content (AvgIpc) is 2.86. The molecule has 0 aliphatic rings. The molecule has 0 atom stereocenters. The molecule has 0 unspecified atom stereocenters. The zero-order valence-electron chi connectivity index (χ0n) is 9.86. The van der Waals surface area contributed by atoms with E-state index in [-0.39, 0.29) is 12.3 Å². The van der Waals surface area contributed by atoms with Crippen LogP contribution in [0.25, 0.3) is 0 Å². The van der Waals surface area contributed by atoms with Crippen LogP contribution in [-0.2, 0) is 11.2 Å². The highest BCUT2D eigenvalue weighted by Crippen LogP contribution is 2.17. The number of nitrogens with two attached hydrogens (primary N) is 1. The van der Waals surface area contributed by atoms with Crippen LogP contribution >= 0.6 is 11.3 Å². The summed E-state index contributed by atoms with van der Waals surface area (Å²) in [4.78, 5) is 11.6. The van der Waals surface area contributed by atoms with Gasteiger partial charge in [0.1, 0.15) is 11.6 Å². The number of anilines is 1. The van der Waals surface area contributed by atoms with Crippen molar-refractivity contribution < 1.29 is 18.3 Å². The Labute approximate surface area is 112 Å². The molecule has 1 aromatic carbocycles. The predicted molar refractivity (Wildman–Crippen MR) is 69.1 cm³/mol. The lowest BCUT2D eigenvalue weighted by atomic mass is 10.2. The highest BCUT2D eigenvalue weighted by Gasteiger charge is 2.16. The highest BCUT2D eigenvalue weighted by atomic mass is 32.1. The Morgan fingerprint density at radius 1 is 1.32 bits per heavy atom. The summed E-state index contributed by atoms with van der Waals surface area (Å²) >= 11 is 1.54. The molecular formula is C13H11F2NO2S. The molecule has 0 saturated heterocycles. The van der Waals surface area contributed by atoms with Gasteiger partial charge in [0.25, 0.3) is 0 Å². The van der Waals surface area contributed by atoms with Crippen LogP contribution in [0.15, 0.2) is 29.0 Å². The summed E-state index contributed by atoms with van der Waals surface area (Å²) in [5, 5.41) is 3.84. The lowest BCUT2D eigenvalue weighted by Crippen LogP contribution is -2.11. The van der Waals surface area contributed by atoms with E-state index < -0.39 is 23.2 Å². The first-order valence-electron chi connectivity index (χ1n) is 5.50. The van der Waals surface area contributed by atoms with Crippen molar-refractivity contribution in [1.29, 1.82) is 0 Å². The fourth-order valence-corrected chi connectivity index (χ4v) is 2.20. The van der Waals surface area contributed by atoms with E-state index in [1.54, 1.807) is 0 Å². The lowest BCUT2D eigenvalue weighted by molar-refractivity contribution is 0.0503. The quantitative estimate of drug-likeness (QED) is 0.693. The van der Waals surface area contributed by atoms with Crippen LogP contribution in [0.2, 0.25) is 0 Å². The molecule has 0 aliphatic heterocycles. The average molecular weight is 283 g/mol. The molecule has 0 amide bonds. The van der Waals surface area contributed by atoms with Crippen molar-refractivity contribution >= 4 is 23.0 Å². The van der Waals surface area contributed by atoms with E-state index in [4.69, 9.17) is 10.5 Å². The Bertz CT molecular complexity index is 585. The Morgan fingerprint density at radius 3 is 2.79 bits per heavy atom. The normalized spacial score (nSPS) is 10.4. The van der Waals surface area contributed by atoms with Gasteiger partial charge < -0.3 is 10.5 Å². The standard InChI is InChI=1S/C13H11F2NO2S/c14-10-6-12(16)11(15)5-9(10)13(17)18-3-1-8-2-4-19-7-8/h2,4-7H,1,3,16H2. The molecule has 0 bridgehead atoms. The third-order valence-electron chi connectivity index (χ3n) is 2.51. The molecule has 0 radical (unpaired) electrons. The number of ether oxygens (including phenoxy) is 1. The summed E-state index contributed by atoms with van der Waals surface area (Å²) in [5.41, 5.74) is 5.43. The molecule has 2 aromatic rings. The monoisotopic (exact) mass is 283 g/mol. The number of hydrogen-bond donors (Lipinski definition) is 1. The van der Waals surface area contributed by atoms with Crippen molar-refractivity contribution in [2.75, 3.05) is 12.3 Å². The van der Waals surface area contributed by atoms with E-state index in [0.717, 1.165) is 17.7 Å². The van der Waals surface area contributed by atoms with Gasteiger partial charge in [0, 0.05) is 12.5 Å². The van der Waals surface area contributed by atoms with Crippen molar-refractivity contribution in [3.63, 3.8) is 0 Å². The fourth-order valence-electron chi connectivity index (χ4n) is 1.49. The second kappa shape index (κ2) is 5.79. The molecule has 2 N–H and O–H groups in total. The van der Waals surface area contributed by atoms with E-state index in [0.29, 0.717) is 6.42 Å². The maximum atomic E-state index is 13.4. The molecule has 100 valence electrons. The predicted octanol–water partition coefficient (Wildman–Crippen LogP) is 3.01. The molecule has 3 nitrogen and oxygen atoms in total. The molecule has 1 heterocycles. The molecule has 2 rings (SSSR count). The van der Waals surface area contributed by atoms with Gasteiger partial charge in [-0.15, -0.1) is 0 Å². The number of nitrogen functional groups attached to an aromatic ring is 1. The smallest absolute Gasteiger partial charge is 0.341 e. The Morgan fingerprint density at radius 2 is 2.11 bits per heavy atom. The molecular weight excluding hydrogens is 272 g/mol. The van der Waals surface area contributed by atoms with E-state index >= 15 is 0 Å². The zero-order chi connectivity index (χ0) is 13.8. The van der Waals surface area contributed by atoms with Gasteiger partial charge in [-0.25, -0.2) is 13.6 Å². The number of halogens is 2. The van der Waals surface area contributed by atoms with Crippen LogP contribution in [0.3, 0.4) is 0 Å². The van der Waals surface area contributed by atoms with Crippen molar-refractivity contribution in [3.05, 3.63) is 51.7 Å². The number of carbonyl (C=O) groups excluding carboxylic acids is 1. The summed E-state index contributed by atoms with van der Waals surface area (Å²) in [7, 11) is 0. The van der Waals surface area contributed by atoms with E-state index in [1.165, 1.54) is 11.3 Å². The molecule has 0 saturated carbocycles. The van der Waals surface area contributed by atoms with Crippen molar-refractivity contribution in [2.45, 2.75) is 6.42 Å². The third kappa shape index (κ3) is 3.29. The van der Waals surface area contributed by atoms with Gasteiger partial charge in [-0.05, 0) is 28.5 Å². The number of benzene rings is 1. The first-order valence-corrected chi connectivity index (χ1v) is 6.45. The second-order valence-electron chi connectivity index (χ2n) is 3.87. The third-order valence-corrected chi connectivity index (χ3v) is 3.24. The number of rotatable bonds is 4. The summed E-state index contributed by atoms with van der Waals surface area (Å²) in [5.74, 6) is -2.63. The Hall–Kier alpha value is -1.95. The van der Waals surface area contributed by atoms with Crippen molar-refractivity contribution in [1.82, 2.24) is 0 Å². The van der Waals surface area contributed by atoms with Crippen molar-refractivity contribution in [2.24, 2.45) is 0 Å². The summed E-state index contributed by atoms with van der Waals surface area (Å²) in [6.45, 7) is 0.112. The van der Waals surface area contributed by atoms with Gasteiger partial charge in [-0.3, -0.25) is 0 Å². The van der Waals surface area contributed by atoms with Gasteiger partial charge >= 0.3 is 5.97 Å². The van der Waals surface area contributed by atoms with Gasteiger partial charge in [0.2, 0.25) is 0 Å². The van der Waals surface area contributed by atoms with Gasteiger partial charge in [0.05, 0.1) is 17.9 Å². The molecule has 6 heteroatoms. The number of carbonyl (C=O) groups is 1.